The maximum absolute atomic E-state index is 4.72. The molecule has 1 aromatic heterocycles. The number of aromatic nitrogens is 2. The van der Waals surface area contributed by atoms with Crippen molar-refractivity contribution in [3.05, 3.63) is 23.3 Å². The molecule has 0 saturated carbocycles. The minimum Gasteiger partial charge on any atom is -0.314 e. The van der Waals surface area contributed by atoms with Gasteiger partial charge in [-0.1, -0.05) is 0 Å². The summed E-state index contributed by atoms with van der Waals surface area (Å²) in [5, 5.41) is 3.36. The van der Waals surface area contributed by atoms with Crippen LogP contribution in [0.1, 0.15) is 23.5 Å². The fourth-order valence-electron chi connectivity index (χ4n) is 2.50. The highest BCUT2D eigenvalue weighted by atomic mass is 15.2. The number of nitrogens with zero attached hydrogens (tertiary/aromatic N) is 3. The molecule has 0 aromatic carbocycles. The lowest BCUT2D eigenvalue weighted by Gasteiger charge is -2.26. The minimum absolute atomic E-state index is 0.960. The van der Waals surface area contributed by atoms with Gasteiger partial charge in [-0.2, -0.15) is 0 Å². The molecule has 2 heterocycles. The largest absolute Gasteiger partial charge is 0.314 e. The third kappa shape index (κ3) is 2.08. The van der Waals surface area contributed by atoms with E-state index in [2.05, 4.69) is 15.2 Å². The number of rotatable bonds is 2. The van der Waals surface area contributed by atoms with Gasteiger partial charge in [0, 0.05) is 32.7 Å². The Balaban J connectivity index is 1.69. The average molecular weight is 218 g/mol. The second-order valence-corrected chi connectivity index (χ2v) is 4.63. The Hall–Kier alpha value is -1.00. The van der Waals surface area contributed by atoms with Crippen molar-refractivity contribution >= 4 is 0 Å². The topological polar surface area (TPSA) is 41.1 Å². The molecular formula is C12H18N4. The molecular weight excluding hydrogens is 200 g/mol. The predicted molar refractivity (Wildman–Crippen MR) is 62.2 cm³/mol. The van der Waals surface area contributed by atoms with Gasteiger partial charge in [0.25, 0.3) is 0 Å². The van der Waals surface area contributed by atoms with Crippen LogP contribution < -0.4 is 5.32 Å². The van der Waals surface area contributed by atoms with E-state index in [9.17, 15) is 0 Å². The number of nitrogens with one attached hydrogen (secondary N) is 1. The molecule has 1 aliphatic carbocycles. The molecule has 1 N–H and O–H groups in total. The van der Waals surface area contributed by atoms with Gasteiger partial charge >= 0.3 is 0 Å². The molecule has 4 nitrogen and oxygen atoms in total. The van der Waals surface area contributed by atoms with Gasteiger partial charge in [-0.05, 0) is 19.3 Å². The van der Waals surface area contributed by atoms with Crippen molar-refractivity contribution in [2.24, 2.45) is 0 Å². The van der Waals surface area contributed by atoms with Crippen molar-refractivity contribution in [1.82, 2.24) is 20.2 Å². The summed E-state index contributed by atoms with van der Waals surface area (Å²) in [6.45, 7) is 5.40. The Morgan fingerprint density at radius 2 is 2.00 bits per heavy atom. The first-order chi connectivity index (χ1) is 7.92. The van der Waals surface area contributed by atoms with Crippen molar-refractivity contribution in [3.8, 4) is 0 Å². The molecule has 86 valence electrons. The highest BCUT2D eigenvalue weighted by molar-refractivity contribution is 5.18. The maximum atomic E-state index is 4.72. The van der Waals surface area contributed by atoms with Crippen molar-refractivity contribution < 1.29 is 0 Å². The van der Waals surface area contributed by atoms with Crippen molar-refractivity contribution in [1.29, 1.82) is 0 Å². The standard InChI is InChI=1S/C12H18N4/c1-2-11-12(3-1)15-10(8-14-11)9-16-6-4-13-5-7-16/h8,13H,1-7,9H2. The molecule has 1 fully saturated rings. The highest BCUT2D eigenvalue weighted by Gasteiger charge is 2.16. The van der Waals surface area contributed by atoms with Gasteiger partial charge < -0.3 is 5.32 Å². The van der Waals surface area contributed by atoms with Gasteiger partial charge in [0.1, 0.15) is 0 Å². The van der Waals surface area contributed by atoms with Crippen LogP contribution in [0.2, 0.25) is 0 Å². The van der Waals surface area contributed by atoms with Crippen molar-refractivity contribution in [2.45, 2.75) is 25.8 Å². The van der Waals surface area contributed by atoms with Crippen LogP contribution in [-0.4, -0.2) is 41.0 Å². The summed E-state index contributed by atoms with van der Waals surface area (Å²) in [5.41, 5.74) is 3.61. The molecule has 0 spiro atoms. The molecule has 2 aliphatic rings. The van der Waals surface area contributed by atoms with E-state index in [1.807, 2.05) is 6.20 Å². The van der Waals surface area contributed by atoms with Crippen molar-refractivity contribution in [3.63, 3.8) is 0 Å². The van der Waals surface area contributed by atoms with E-state index in [1.54, 1.807) is 0 Å². The van der Waals surface area contributed by atoms with Crippen molar-refractivity contribution in [2.75, 3.05) is 26.2 Å². The van der Waals surface area contributed by atoms with Gasteiger partial charge in [0.2, 0.25) is 0 Å². The first-order valence-corrected chi connectivity index (χ1v) is 6.18. The van der Waals surface area contributed by atoms with Gasteiger partial charge in [0.15, 0.2) is 0 Å². The highest BCUT2D eigenvalue weighted by Crippen LogP contribution is 2.17. The van der Waals surface area contributed by atoms with E-state index >= 15 is 0 Å². The molecule has 0 bridgehead atoms. The second kappa shape index (κ2) is 4.47. The van der Waals surface area contributed by atoms with E-state index < -0.39 is 0 Å². The van der Waals surface area contributed by atoms with Crippen LogP contribution in [0, 0.1) is 0 Å². The lowest BCUT2D eigenvalue weighted by Crippen LogP contribution is -2.43. The van der Waals surface area contributed by atoms with Gasteiger partial charge in [-0.15, -0.1) is 0 Å². The average Bonchev–Trinajstić information content (AvgIpc) is 2.77. The lowest BCUT2D eigenvalue weighted by atomic mass is 10.3. The summed E-state index contributed by atoms with van der Waals surface area (Å²) in [4.78, 5) is 11.7. The SMILES string of the molecule is c1nc2c(nc1CN1CCNCC1)CCC2. The van der Waals surface area contributed by atoms with Crippen LogP contribution in [0.25, 0.3) is 0 Å². The van der Waals surface area contributed by atoms with Crippen LogP contribution in [0.15, 0.2) is 6.20 Å². The molecule has 0 amide bonds. The van der Waals surface area contributed by atoms with Crippen LogP contribution in [0.5, 0.6) is 0 Å². The Kier molecular flexibility index (Phi) is 2.84. The lowest BCUT2D eigenvalue weighted by molar-refractivity contribution is 0.230. The third-order valence-corrected chi connectivity index (χ3v) is 3.40. The first kappa shape index (κ1) is 10.2. The molecule has 0 atom stereocenters. The van der Waals surface area contributed by atoms with E-state index in [4.69, 9.17) is 4.98 Å². The molecule has 1 saturated heterocycles. The first-order valence-electron chi connectivity index (χ1n) is 6.18. The Labute approximate surface area is 96.1 Å². The van der Waals surface area contributed by atoms with E-state index in [0.29, 0.717) is 0 Å². The van der Waals surface area contributed by atoms with Crippen LogP contribution in [0.4, 0.5) is 0 Å². The number of fused-ring (bicyclic) bond motifs is 1. The zero-order valence-electron chi connectivity index (χ0n) is 9.58. The van der Waals surface area contributed by atoms with E-state index in [0.717, 1.165) is 51.3 Å². The summed E-state index contributed by atoms with van der Waals surface area (Å²) < 4.78 is 0. The molecule has 16 heavy (non-hydrogen) atoms. The molecule has 0 unspecified atom stereocenters. The molecule has 1 aromatic rings. The zero-order chi connectivity index (χ0) is 10.8. The summed E-state index contributed by atoms with van der Waals surface area (Å²) in [6.07, 6.45) is 5.44. The number of piperazine rings is 1. The van der Waals surface area contributed by atoms with E-state index in [1.165, 1.54) is 17.8 Å². The number of hydrogen-bond acceptors (Lipinski definition) is 4. The van der Waals surface area contributed by atoms with Crippen LogP contribution in [0.3, 0.4) is 0 Å². The van der Waals surface area contributed by atoms with Gasteiger partial charge in [-0.3, -0.25) is 14.9 Å². The summed E-state index contributed by atoms with van der Waals surface area (Å²) in [7, 11) is 0. The zero-order valence-corrected chi connectivity index (χ0v) is 9.58. The fourth-order valence-corrected chi connectivity index (χ4v) is 2.50. The number of aryl methyl sites for hydroxylation is 2. The normalized spacial score (nSPS) is 21.0. The summed E-state index contributed by atoms with van der Waals surface area (Å²) in [5.74, 6) is 0. The fraction of sp³-hybridized carbons (Fsp3) is 0.667. The second-order valence-electron chi connectivity index (χ2n) is 4.63. The van der Waals surface area contributed by atoms with Gasteiger partial charge in [0.05, 0.1) is 23.3 Å². The monoisotopic (exact) mass is 218 g/mol. The Bertz CT molecular complexity index is 371. The third-order valence-electron chi connectivity index (χ3n) is 3.40. The number of hydrogen-bond donors (Lipinski definition) is 1. The minimum atomic E-state index is 0.960. The molecule has 4 heteroatoms. The smallest absolute Gasteiger partial charge is 0.0730 e. The van der Waals surface area contributed by atoms with Gasteiger partial charge in [-0.25, -0.2) is 0 Å². The predicted octanol–water partition coefficient (Wildman–Crippen LogP) is 0.370. The quantitative estimate of drug-likeness (QED) is 0.778. The molecule has 3 rings (SSSR count). The Morgan fingerprint density at radius 3 is 2.88 bits per heavy atom. The van der Waals surface area contributed by atoms with E-state index in [-0.39, 0.29) is 0 Å². The Morgan fingerprint density at radius 1 is 1.19 bits per heavy atom. The molecule has 1 aliphatic heterocycles. The summed E-state index contributed by atoms with van der Waals surface area (Å²) >= 11 is 0. The van der Waals surface area contributed by atoms with Crippen LogP contribution >= 0.6 is 0 Å². The van der Waals surface area contributed by atoms with Crippen LogP contribution in [-0.2, 0) is 19.4 Å². The summed E-state index contributed by atoms with van der Waals surface area (Å²) in [6, 6.07) is 0. The molecule has 0 radical (unpaired) electrons. The maximum Gasteiger partial charge on any atom is 0.0730 e.